The SMILES string of the molecule is CN1CCc2c1[nH+]c1ccccc1c2NC(=O)CCl. The van der Waals surface area contributed by atoms with Crippen LogP contribution in [-0.4, -0.2) is 25.4 Å². The molecular formula is C14H15ClN3O+. The molecule has 0 aliphatic carbocycles. The summed E-state index contributed by atoms with van der Waals surface area (Å²) in [5, 5.41) is 3.96. The number of nitrogens with one attached hydrogen (secondary N) is 2. The standard InChI is InChI=1S/C14H14ClN3O/c1-18-7-6-10-13(17-12(19)8-15)9-4-2-3-5-11(9)16-14(10)18/h2-5H,6-8H2,1H3,(H,16,17,19)/p+1. The summed E-state index contributed by atoms with van der Waals surface area (Å²) in [6.07, 6.45) is 0.922. The average Bonchev–Trinajstić information content (AvgIpc) is 2.80. The number of likely N-dealkylation sites (N-methyl/N-ethyl adjacent to an activating group) is 1. The highest BCUT2D eigenvalue weighted by Gasteiger charge is 2.29. The van der Waals surface area contributed by atoms with Gasteiger partial charge in [-0.1, -0.05) is 12.1 Å². The topological polar surface area (TPSA) is 46.5 Å². The molecule has 4 nitrogen and oxygen atoms in total. The summed E-state index contributed by atoms with van der Waals surface area (Å²) in [6, 6.07) is 7.97. The number of para-hydroxylation sites is 1. The van der Waals surface area contributed by atoms with E-state index in [1.165, 1.54) is 0 Å². The second-order valence-electron chi connectivity index (χ2n) is 4.73. The number of benzene rings is 1. The number of rotatable bonds is 2. The summed E-state index contributed by atoms with van der Waals surface area (Å²) in [7, 11) is 2.05. The molecule has 98 valence electrons. The first-order chi connectivity index (χ1) is 9.20. The van der Waals surface area contributed by atoms with Gasteiger partial charge < -0.3 is 5.32 Å². The Balaban J connectivity index is 2.24. The molecule has 0 fully saturated rings. The Labute approximate surface area is 116 Å². The molecule has 2 heterocycles. The molecule has 2 aromatic rings. The quantitative estimate of drug-likeness (QED) is 0.851. The zero-order valence-corrected chi connectivity index (χ0v) is 11.4. The maximum atomic E-state index is 11.6. The second kappa shape index (κ2) is 4.70. The predicted molar refractivity (Wildman–Crippen MR) is 76.8 cm³/mol. The molecule has 1 amide bonds. The van der Waals surface area contributed by atoms with Crippen molar-refractivity contribution in [1.29, 1.82) is 0 Å². The van der Waals surface area contributed by atoms with Crippen LogP contribution in [0.2, 0.25) is 0 Å². The van der Waals surface area contributed by atoms with Gasteiger partial charge in [-0.3, -0.25) is 9.69 Å². The number of alkyl halides is 1. The molecule has 1 aliphatic rings. The molecule has 2 N–H and O–H groups in total. The van der Waals surface area contributed by atoms with Crippen LogP contribution in [0.1, 0.15) is 5.56 Å². The first kappa shape index (κ1) is 12.2. The first-order valence-electron chi connectivity index (χ1n) is 6.24. The zero-order valence-electron chi connectivity index (χ0n) is 10.7. The second-order valence-corrected chi connectivity index (χ2v) is 4.99. The lowest BCUT2D eigenvalue weighted by molar-refractivity contribution is -0.329. The largest absolute Gasteiger partial charge is 0.324 e. The summed E-state index contributed by atoms with van der Waals surface area (Å²) >= 11 is 5.60. The molecule has 19 heavy (non-hydrogen) atoms. The minimum Gasteiger partial charge on any atom is -0.324 e. The maximum absolute atomic E-state index is 11.6. The number of pyridine rings is 1. The van der Waals surface area contributed by atoms with Crippen LogP contribution in [0.25, 0.3) is 10.9 Å². The number of hydrogen-bond donors (Lipinski definition) is 1. The van der Waals surface area contributed by atoms with E-state index >= 15 is 0 Å². The van der Waals surface area contributed by atoms with Crippen molar-refractivity contribution < 1.29 is 9.78 Å². The van der Waals surface area contributed by atoms with E-state index in [9.17, 15) is 4.79 Å². The van der Waals surface area contributed by atoms with E-state index in [2.05, 4.69) is 15.2 Å². The Morgan fingerprint density at radius 2 is 2.26 bits per heavy atom. The zero-order chi connectivity index (χ0) is 13.4. The van der Waals surface area contributed by atoms with Gasteiger partial charge in [-0.05, 0) is 12.1 Å². The van der Waals surface area contributed by atoms with Crippen LogP contribution in [0, 0.1) is 0 Å². The summed E-state index contributed by atoms with van der Waals surface area (Å²) in [4.78, 5) is 17.2. The van der Waals surface area contributed by atoms with Crippen molar-refractivity contribution in [3.05, 3.63) is 29.8 Å². The number of anilines is 2. The Bertz CT molecular complexity index is 656. The van der Waals surface area contributed by atoms with Crippen LogP contribution in [-0.2, 0) is 11.2 Å². The van der Waals surface area contributed by atoms with E-state index in [4.69, 9.17) is 11.6 Å². The van der Waals surface area contributed by atoms with Gasteiger partial charge in [-0.15, -0.1) is 11.6 Å². The van der Waals surface area contributed by atoms with Crippen molar-refractivity contribution in [3.63, 3.8) is 0 Å². The molecule has 0 atom stereocenters. The minimum absolute atomic E-state index is 0.0302. The number of aromatic amines is 1. The number of hydrogen-bond acceptors (Lipinski definition) is 2. The Kier molecular flexibility index (Phi) is 3.03. The van der Waals surface area contributed by atoms with Gasteiger partial charge in [0.1, 0.15) is 11.4 Å². The van der Waals surface area contributed by atoms with E-state index in [0.29, 0.717) is 0 Å². The number of carbonyl (C=O) groups is 1. The van der Waals surface area contributed by atoms with Crippen LogP contribution < -0.4 is 15.2 Å². The number of fused-ring (bicyclic) bond motifs is 2. The van der Waals surface area contributed by atoms with E-state index in [0.717, 1.165) is 40.9 Å². The van der Waals surface area contributed by atoms with Crippen LogP contribution in [0.5, 0.6) is 0 Å². The van der Waals surface area contributed by atoms with Gasteiger partial charge in [0.25, 0.3) is 5.82 Å². The van der Waals surface area contributed by atoms with E-state index in [-0.39, 0.29) is 11.8 Å². The molecule has 3 rings (SSSR count). The van der Waals surface area contributed by atoms with Gasteiger partial charge >= 0.3 is 0 Å². The van der Waals surface area contributed by atoms with Gasteiger partial charge in [-0.2, -0.15) is 0 Å². The van der Waals surface area contributed by atoms with Gasteiger partial charge in [0.15, 0.2) is 0 Å². The summed E-state index contributed by atoms with van der Waals surface area (Å²) in [5.41, 5.74) is 3.05. The predicted octanol–water partition coefficient (Wildman–Crippen LogP) is 1.82. The number of nitrogens with zero attached hydrogens (tertiary/aromatic N) is 1. The molecule has 0 unspecified atom stereocenters. The van der Waals surface area contributed by atoms with Crippen LogP contribution >= 0.6 is 11.6 Å². The van der Waals surface area contributed by atoms with E-state index in [1.807, 2.05) is 31.3 Å². The van der Waals surface area contributed by atoms with E-state index in [1.54, 1.807) is 0 Å². The van der Waals surface area contributed by atoms with Crippen molar-refractivity contribution in [1.82, 2.24) is 0 Å². The van der Waals surface area contributed by atoms with Crippen molar-refractivity contribution >= 4 is 39.9 Å². The number of halogens is 1. The molecule has 0 saturated heterocycles. The molecule has 1 aliphatic heterocycles. The molecule has 0 spiro atoms. The number of carbonyl (C=O) groups excluding carboxylic acids is 1. The van der Waals surface area contributed by atoms with Crippen LogP contribution in [0.3, 0.4) is 0 Å². The smallest absolute Gasteiger partial charge is 0.280 e. The Hall–Kier alpha value is -1.81. The highest BCUT2D eigenvalue weighted by atomic mass is 35.5. The highest BCUT2D eigenvalue weighted by Crippen LogP contribution is 2.34. The normalized spacial score (nSPS) is 13.7. The molecule has 1 aromatic carbocycles. The fraction of sp³-hybridized carbons (Fsp3) is 0.286. The fourth-order valence-electron chi connectivity index (χ4n) is 2.57. The average molecular weight is 277 g/mol. The summed E-state index contributed by atoms with van der Waals surface area (Å²) in [5.74, 6) is 0.871. The van der Waals surface area contributed by atoms with Gasteiger partial charge in [0.05, 0.1) is 24.8 Å². The monoisotopic (exact) mass is 276 g/mol. The van der Waals surface area contributed by atoms with Gasteiger partial charge in [0, 0.05) is 11.8 Å². The van der Waals surface area contributed by atoms with E-state index < -0.39 is 0 Å². The fourth-order valence-corrected chi connectivity index (χ4v) is 2.64. The maximum Gasteiger partial charge on any atom is 0.280 e. The third-order valence-corrected chi connectivity index (χ3v) is 3.74. The Morgan fingerprint density at radius 1 is 1.47 bits per heavy atom. The number of aromatic nitrogens is 1. The minimum atomic E-state index is -0.172. The van der Waals surface area contributed by atoms with Gasteiger partial charge in [-0.25, -0.2) is 4.98 Å². The molecule has 1 aromatic heterocycles. The lowest BCUT2D eigenvalue weighted by Gasteiger charge is -2.11. The van der Waals surface area contributed by atoms with Crippen molar-refractivity contribution in [2.24, 2.45) is 0 Å². The lowest BCUT2D eigenvalue weighted by atomic mass is 10.1. The number of amides is 1. The molecule has 0 radical (unpaired) electrons. The van der Waals surface area contributed by atoms with Crippen molar-refractivity contribution in [2.45, 2.75) is 6.42 Å². The third kappa shape index (κ3) is 2.02. The van der Waals surface area contributed by atoms with Crippen LogP contribution in [0.15, 0.2) is 24.3 Å². The van der Waals surface area contributed by atoms with Crippen molar-refractivity contribution in [3.8, 4) is 0 Å². The van der Waals surface area contributed by atoms with Gasteiger partial charge in [0.2, 0.25) is 5.91 Å². The molecular weight excluding hydrogens is 262 g/mol. The molecule has 0 bridgehead atoms. The Morgan fingerprint density at radius 3 is 3.05 bits per heavy atom. The molecule has 0 saturated carbocycles. The van der Waals surface area contributed by atoms with Crippen LogP contribution in [0.4, 0.5) is 11.5 Å². The molecule has 5 heteroatoms. The first-order valence-corrected chi connectivity index (χ1v) is 6.78. The third-order valence-electron chi connectivity index (χ3n) is 3.50. The number of H-pyrrole nitrogens is 1. The summed E-state index contributed by atoms with van der Waals surface area (Å²) in [6.45, 7) is 0.950. The van der Waals surface area contributed by atoms with Crippen molar-refractivity contribution in [2.75, 3.05) is 29.7 Å². The highest BCUT2D eigenvalue weighted by molar-refractivity contribution is 6.29. The lowest BCUT2D eigenvalue weighted by Crippen LogP contribution is -2.22. The summed E-state index contributed by atoms with van der Waals surface area (Å²) < 4.78 is 0.